The summed E-state index contributed by atoms with van der Waals surface area (Å²) in [6.07, 6.45) is 0.887. The Kier molecular flexibility index (Phi) is 5.31. The average molecular weight is 192 g/mol. The molecule has 0 aliphatic carbocycles. The van der Waals surface area contributed by atoms with E-state index in [1.54, 1.807) is 4.90 Å². The second-order valence-corrected chi connectivity index (χ2v) is 3.57. The average Bonchev–Trinajstić information content (AvgIpc) is 2.12. The summed E-state index contributed by atoms with van der Waals surface area (Å²) in [5.41, 5.74) is 0. The summed E-state index contributed by atoms with van der Waals surface area (Å²) in [5.74, 6) is 0.796. The number of carbonyl (C=O) groups is 1. The smallest absolute Gasteiger partial charge is 0.225 e. The van der Waals surface area contributed by atoms with Gasteiger partial charge in [-0.25, -0.2) is 0 Å². The Morgan fingerprint density at radius 2 is 2.00 bits per heavy atom. The van der Waals surface area contributed by atoms with Crippen LogP contribution < -0.4 is 0 Å². The molecule has 0 N–H and O–H groups in total. The van der Waals surface area contributed by atoms with Gasteiger partial charge < -0.3 is 4.90 Å². The van der Waals surface area contributed by atoms with Gasteiger partial charge in [0, 0.05) is 24.9 Å². The van der Waals surface area contributed by atoms with Crippen LogP contribution in [0.25, 0.3) is 0 Å². The Bertz CT molecular complexity index is 149. The highest BCUT2D eigenvalue weighted by atomic mass is 35.5. The Balaban J connectivity index is 4.09. The molecule has 0 heterocycles. The monoisotopic (exact) mass is 191 g/mol. The molecule has 0 aliphatic heterocycles. The number of rotatable bonds is 4. The molecule has 0 rings (SSSR count). The second-order valence-electron chi connectivity index (χ2n) is 3.26. The number of amides is 1. The molecule has 0 fully saturated rings. The summed E-state index contributed by atoms with van der Waals surface area (Å²) in [6.45, 7) is 5.91. The second kappa shape index (κ2) is 5.41. The maximum atomic E-state index is 11.5. The summed E-state index contributed by atoms with van der Waals surface area (Å²) in [4.78, 5) is 13.3. The zero-order valence-corrected chi connectivity index (χ0v) is 9.06. The fraction of sp³-hybridized carbons (Fsp3) is 0.889. The normalized spacial score (nSPS) is 15.4. The molecule has 0 spiro atoms. The first kappa shape index (κ1) is 11.8. The molecule has 72 valence electrons. The van der Waals surface area contributed by atoms with Crippen LogP contribution in [0.1, 0.15) is 27.2 Å². The Morgan fingerprint density at radius 1 is 1.50 bits per heavy atom. The van der Waals surface area contributed by atoms with Crippen LogP contribution in [-0.2, 0) is 4.79 Å². The van der Waals surface area contributed by atoms with Gasteiger partial charge in [0.1, 0.15) is 0 Å². The highest BCUT2D eigenvalue weighted by Gasteiger charge is 2.19. The molecule has 0 bridgehead atoms. The van der Waals surface area contributed by atoms with E-state index in [2.05, 4.69) is 0 Å². The minimum atomic E-state index is 0.112. The number of alkyl halides is 1. The lowest BCUT2D eigenvalue weighted by atomic mass is 10.1. The third-order valence-corrected chi connectivity index (χ3v) is 2.71. The van der Waals surface area contributed by atoms with Crippen LogP contribution in [0.3, 0.4) is 0 Å². The first-order valence-electron chi connectivity index (χ1n) is 4.37. The first-order valence-corrected chi connectivity index (χ1v) is 4.90. The van der Waals surface area contributed by atoms with E-state index in [-0.39, 0.29) is 17.9 Å². The van der Waals surface area contributed by atoms with Crippen molar-refractivity contribution in [2.75, 3.05) is 12.9 Å². The molecule has 3 heteroatoms. The summed E-state index contributed by atoms with van der Waals surface area (Å²) in [6, 6.07) is 0.133. The van der Waals surface area contributed by atoms with Crippen molar-refractivity contribution in [2.24, 2.45) is 5.92 Å². The summed E-state index contributed by atoms with van der Waals surface area (Å²) in [5, 5.41) is 0. The van der Waals surface area contributed by atoms with E-state index >= 15 is 0 Å². The SMILES string of the molecule is CCC(C)C(=O)N(C)C(C)CCl. The molecule has 0 aromatic rings. The van der Waals surface area contributed by atoms with E-state index in [1.807, 2.05) is 27.8 Å². The molecule has 2 atom stereocenters. The van der Waals surface area contributed by atoms with Crippen LogP contribution in [0.15, 0.2) is 0 Å². The Morgan fingerprint density at radius 3 is 2.33 bits per heavy atom. The van der Waals surface area contributed by atoms with Crippen molar-refractivity contribution in [1.29, 1.82) is 0 Å². The highest BCUT2D eigenvalue weighted by Crippen LogP contribution is 2.08. The molecule has 0 saturated carbocycles. The predicted octanol–water partition coefficient (Wildman–Crippen LogP) is 2.12. The molecule has 2 nitrogen and oxygen atoms in total. The molecule has 0 saturated heterocycles. The molecule has 0 radical (unpaired) electrons. The van der Waals surface area contributed by atoms with Gasteiger partial charge in [-0.3, -0.25) is 4.79 Å². The van der Waals surface area contributed by atoms with Crippen LogP contribution >= 0.6 is 11.6 Å². The largest absolute Gasteiger partial charge is 0.342 e. The van der Waals surface area contributed by atoms with Gasteiger partial charge in [0.2, 0.25) is 5.91 Å². The van der Waals surface area contributed by atoms with Gasteiger partial charge in [-0.1, -0.05) is 13.8 Å². The van der Waals surface area contributed by atoms with Crippen molar-refractivity contribution in [3.05, 3.63) is 0 Å². The number of hydrogen-bond donors (Lipinski definition) is 0. The van der Waals surface area contributed by atoms with E-state index in [4.69, 9.17) is 11.6 Å². The van der Waals surface area contributed by atoms with Gasteiger partial charge in [0.05, 0.1) is 0 Å². The van der Waals surface area contributed by atoms with Crippen LogP contribution in [0, 0.1) is 5.92 Å². The quantitative estimate of drug-likeness (QED) is 0.624. The molecule has 12 heavy (non-hydrogen) atoms. The van der Waals surface area contributed by atoms with E-state index < -0.39 is 0 Å². The lowest BCUT2D eigenvalue weighted by Crippen LogP contribution is -2.39. The lowest BCUT2D eigenvalue weighted by Gasteiger charge is -2.25. The van der Waals surface area contributed by atoms with Gasteiger partial charge in [-0.2, -0.15) is 0 Å². The third-order valence-electron chi connectivity index (χ3n) is 2.27. The summed E-state index contributed by atoms with van der Waals surface area (Å²) >= 11 is 5.64. The minimum Gasteiger partial charge on any atom is -0.342 e. The van der Waals surface area contributed by atoms with Gasteiger partial charge in [-0.05, 0) is 13.3 Å². The predicted molar refractivity (Wildman–Crippen MR) is 52.4 cm³/mol. The number of hydrogen-bond acceptors (Lipinski definition) is 1. The van der Waals surface area contributed by atoms with Gasteiger partial charge >= 0.3 is 0 Å². The van der Waals surface area contributed by atoms with Crippen molar-refractivity contribution >= 4 is 17.5 Å². The molecular formula is C9H18ClNO. The van der Waals surface area contributed by atoms with Crippen molar-refractivity contribution in [3.63, 3.8) is 0 Å². The molecule has 0 aromatic heterocycles. The zero-order chi connectivity index (χ0) is 9.72. The van der Waals surface area contributed by atoms with Crippen LogP contribution in [0.5, 0.6) is 0 Å². The molecule has 1 amide bonds. The maximum Gasteiger partial charge on any atom is 0.225 e. The van der Waals surface area contributed by atoms with Crippen molar-refractivity contribution < 1.29 is 4.79 Å². The standard InChI is InChI=1S/C9H18ClNO/c1-5-7(2)9(12)11(4)8(3)6-10/h7-8H,5-6H2,1-4H3. The van der Waals surface area contributed by atoms with Gasteiger partial charge in [0.15, 0.2) is 0 Å². The van der Waals surface area contributed by atoms with Crippen molar-refractivity contribution in [3.8, 4) is 0 Å². The zero-order valence-electron chi connectivity index (χ0n) is 8.30. The van der Waals surface area contributed by atoms with Gasteiger partial charge in [-0.15, -0.1) is 11.6 Å². The minimum absolute atomic E-state index is 0.112. The van der Waals surface area contributed by atoms with Crippen molar-refractivity contribution in [2.45, 2.75) is 33.2 Å². The van der Waals surface area contributed by atoms with E-state index in [9.17, 15) is 4.79 Å². The Hall–Kier alpha value is -0.240. The topological polar surface area (TPSA) is 20.3 Å². The summed E-state index contributed by atoms with van der Waals surface area (Å²) < 4.78 is 0. The molecule has 0 aromatic carbocycles. The van der Waals surface area contributed by atoms with E-state index in [1.165, 1.54) is 0 Å². The number of halogens is 1. The first-order chi connectivity index (χ1) is 5.54. The molecular weight excluding hydrogens is 174 g/mol. The Labute approximate surface area is 79.9 Å². The summed E-state index contributed by atoms with van der Waals surface area (Å²) in [7, 11) is 1.81. The lowest BCUT2D eigenvalue weighted by molar-refractivity contribution is -0.135. The fourth-order valence-corrected chi connectivity index (χ4v) is 1.05. The van der Waals surface area contributed by atoms with E-state index in [0.29, 0.717) is 5.88 Å². The molecule has 2 unspecified atom stereocenters. The van der Waals surface area contributed by atoms with Crippen LogP contribution in [-0.4, -0.2) is 29.8 Å². The van der Waals surface area contributed by atoms with Crippen LogP contribution in [0.4, 0.5) is 0 Å². The third kappa shape index (κ3) is 3.02. The van der Waals surface area contributed by atoms with Crippen molar-refractivity contribution in [1.82, 2.24) is 4.90 Å². The molecule has 0 aliphatic rings. The van der Waals surface area contributed by atoms with Gasteiger partial charge in [0.25, 0.3) is 0 Å². The van der Waals surface area contributed by atoms with Crippen LogP contribution in [0.2, 0.25) is 0 Å². The maximum absolute atomic E-state index is 11.5. The van der Waals surface area contributed by atoms with E-state index in [0.717, 1.165) is 6.42 Å². The fourth-order valence-electron chi connectivity index (χ4n) is 0.843. The highest BCUT2D eigenvalue weighted by molar-refractivity contribution is 6.18. The number of carbonyl (C=O) groups excluding carboxylic acids is 1. The number of nitrogens with zero attached hydrogens (tertiary/aromatic N) is 1.